The highest BCUT2D eigenvalue weighted by Crippen LogP contribution is 2.10. The van der Waals surface area contributed by atoms with Gasteiger partial charge in [0.1, 0.15) is 0 Å². The van der Waals surface area contributed by atoms with Crippen LogP contribution in [0, 0.1) is 0 Å². The molecule has 23 heavy (non-hydrogen) atoms. The molecule has 120 valence electrons. The molecule has 0 aliphatic carbocycles. The van der Waals surface area contributed by atoms with Gasteiger partial charge in [-0.25, -0.2) is 0 Å². The third-order valence-electron chi connectivity index (χ3n) is 3.89. The molecular formula is C16H17N3O4. The molecule has 0 radical (unpaired) electrons. The highest BCUT2D eigenvalue weighted by Gasteiger charge is 2.25. The molecule has 0 spiro atoms. The minimum atomic E-state index is -0.240. The number of furan rings is 1. The van der Waals surface area contributed by atoms with Crippen LogP contribution in [0.25, 0.3) is 0 Å². The second kappa shape index (κ2) is 6.51. The number of nitrogens with one attached hydrogen (secondary N) is 1. The van der Waals surface area contributed by atoms with E-state index < -0.39 is 0 Å². The Bertz CT molecular complexity index is 722. The van der Waals surface area contributed by atoms with Gasteiger partial charge in [0.2, 0.25) is 11.5 Å². The van der Waals surface area contributed by atoms with Crippen LogP contribution >= 0.6 is 0 Å². The summed E-state index contributed by atoms with van der Waals surface area (Å²) in [7, 11) is 0. The molecule has 1 aliphatic heterocycles. The number of H-pyrrole nitrogens is 1. The lowest BCUT2D eigenvalue weighted by atomic mass is 10.2. The van der Waals surface area contributed by atoms with Gasteiger partial charge >= 0.3 is 0 Å². The fraction of sp³-hybridized carbons (Fsp3) is 0.312. The van der Waals surface area contributed by atoms with Crippen molar-refractivity contribution in [1.82, 2.24) is 14.8 Å². The van der Waals surface area contributed by atoms with Crippen molar-refractivity contribution in [3.05, 3.63) is 58.4 Å². The molecule has 2 aromatic heterocycles. The van der Waals surface area contributed by atoms with E-state index in [0.717, 1.165) is 5.56 Å². The quantitative estimate of drug-likeness (QED) is 0.893. The average molecular weight is 315 g/mol. The van der Waals surface area contributed by atoms with Gasteiger partial charge in [-0.1, -0.05) is 0 Å². The minimum Gasteiger partial charge on any atom is -0.472 e. The normalized spacial score (nSPS) is 14.8. The van der Waals surface area contributed by atoms with E-state index in [-0.39, 0.29) is 17.4 Å². The molecule has 0 unspecified atom stereocenters. The van der Waals surface area contributed by atoms with Crippen molar-refractivity contribution in [3.8, 4) is 0 Å². The Morgan fingerprint density at radius 1 is 1.09 bits per heavy atom. The zero-order chi connectivity index (χ0) is 16.2. The molecule has 7 nitrogen and oxygen atoms in total. The first-order valence-electron chi connectivity index (χ1n) is 7.40. The number of nitrogens with zero attached hydrogens (tertiary/aromatic N) is 2. The van der Waals surface area contributed by atoms with Crippen LogP contribution in [0.1, 0.15) is 15.9 Å². The molecule has 3 heterocycles. The van der Waals surface area contributed by atoms with Crippen molar-refractivity contribution in [3.63, 3.8) is 0 Å². The maximum absolute atomic E-state index is 12.3. The first-order valence-corrected chi connectivity index (χ1v) is 7.40. The summed E-state index contributed by atoms with van der Waals surface area (Å²) in [4.78, 5) is 41.5. The Morgan fingerprint density at radius 3 is 2.43 bits per heavy atom. The molecule has 1 N–H and O–H groups in total. The molecule has 0 bridgehead atoms. The number of carbonyl (C=O) groups excluding carboxylic acids is 2. The van der Waals surface area contributed by atoms with Gasteiger partial charge in [-0.15, -0.1) is 0 Å². The Balaban J connectivity index is 1.55. The van der Waals surface area contributed by atoms with Gasteiger partial charge in [-0.2, -0.15) is 0 Å². The Morgan fingerprint density at radius 2 is 1.83 bits per heavy atom. The predicted molar refractivity (Wildman–Crippen MR) is 82.0 cm³/mol. The largest absolute Gasteiger partial charge is 0.472 e. The summed E-state index contributed by atoms with van der Waals surface area (Å²) < 4.78 is 4.96. The lowest BCUT2D eigenvalue weighted by Crippen LogP contribution is -2.51. The smallest absolute Gasteiger partial charge is 0.255 e. The van der Waals surface area contributed by atoms with Gasteiger partial charge in [-0.3, -0.25) is 14.4 Å². The van der Waals surface area contributed by atoms with Crippen molar-refractivity contribution in [2.24, 2.45) is 0 Å². The van der Waals surface area contributed by atoms with Gasteiger partial charge in [0.25, 0.3) is 5.91 Å². The Labute approximate surface area is 132 Å². The fourth-order valence-corrected chi connectivity index (χ4v) is 2.56. The first kappa shape index (κ1) is 15.1. The second-order valence-electron chi connectivity index (χ2n) is 5.42. The number of hydrogen-bond donors (Lipinski definition) is 1. The predicted octanol–water partition coefficient (Wildman–Crippen LogP) is 0.495. The topological polar surface area (TPSA) is 86.6 Å². The van der Waals surface area contributed by atoms with E-state index in [2.05, 4.69) is 4.98 Å². The highest BCUT2D eigenvalue weighted by atomic mass is 16.3. The molecule has 0 saturated carbocycles. The third kappa shape index (κ3) is 3.50. The Kier molecular flexibility index (Phi) is 4.27. The summed E-state index contributed by atoms with van der Waals surface area (Å²) in [6.45, 7) is 1.97. The summed E-state index contributed by atoms with van der Waals surface area (Å²) in [6.07, 6.45) is 4.84. The molecule has 2 amide bonds. The van der Waals surface area contributed by atoms with Crippen LogP contribution in [-0.2, 0) is 11.2 Å². The SMILES string of the molecule is O=C(Cc1ccoc1)N1CCN(C(=O)c2ccc(=O)[nH]c2)CC1. The van der Waals surface area contributed by atoms with E-state index in [1.165, 1.54) is 18.3 Å². The molecule has 1 saturated heterocycles. The molecule has 0 atom stereocenters. The van der Waals surface area contributed by atoms with Crippen LogP contribution in [0.3, 0.4) is 0 Å². The van der Waals surface area contributed by atoms with E-state index in [9.17, 15) is 14.4 Å². The minimum absolute atomic E-state index is 0.0301. The highest BCUT2D eigenvalue weighted by molar-refractivity contribution is 5.94. The van der Waals surface area contributed by atoms with Crippen LogP contribution in [0.4, 0.5) is 0 Å². The van der Waals surface area contributed by atoms with E-state index in [1.54, 1.807) is 28.4 Å². The number of aromatic nitrogens is 1. The van der Waals surface area contributed by atoms with Crippen LogP contribution in [0.15, 0.2) is 46.1 Å². The number of hydrogen-bond acceptors (Lipinski definition) is 4. The molecule has 1 aliphatic rings. The maximum atomic E-state index is 12.3. The number of amides is 2. The molecule has 2 aromatic rings. The molecule has 0 aromatic carbocycles. The van der Waals surface area contributed by atoms with Crippen LogP contribution in [0.2, 0.25) is 0 Å². The zero-order valence-electron chi connectivity index (χ0n) is 12.5. The molecule has 7 heteroatoms. The zero-order valence-corrected chi connectivity index (χ0v) is 12.5. The van der Waals surface area contributed by atoms with Gasteiger partial charge in [-0.05, 0) is 17.7 Å². The summed E-state index contributed by atoms with van der Waals surface area (Å²) >= 11 is 0. The molecule has 1 fully saturated rings. The van der Waals surface area contributed by atoms with Crippen LogP contribution in [0.5, 0.6) is 0 Å². The number of carbonyl (C=O) groups is 2. The van der Waals surface area contributed by atoms with Crippen molar-refractivity contribution >= 4 is 11.8 Å². The van der Waals surface area contributed by atoms with Crippen molar-refractivity contribution in [1.29, 1.82) is 0 Å². The summed E-state index contributed by atoms with van der Waals surface area (Å²) in [6, 6.07) is 4.61. The maximum Gasteiger partial charge on any atom is 0.255 e. The average Bonchev–Trinajstić information content (AvgIpc) is 3.08. The second-order valence-corrected chi connectivity index (χ2v) is 5.42. The lowest BCUT2D eigenvalue weighted by molar-refractivity contribution is -0.131. The van der Waals surface area contributed by atoms with Gasteiger partial charge < -0.3 is 19.2 Å². The van der Waals surface area contributed by atoms with E-state index in [0.29, 0.717) is 38.2 Å². The van der Waals surface area contributed by atoms with Crippen molar-refractivity contribution in [2.75, 3.05) is 26.2 Å². The molecule has 3 rings (SSSR count). The number of piperazine rings is 1. The number of rotatable bonds is 3. The summed E-state index contributed by atoms with van der Waals surface area (Å²) in [5.41, 5.74) is 1.06. The number of pyridine rings is 1. The van der Waals surface area contributed by atoms with Crippen molar-refractivity contribution < 1.29 is 14.0 Å². The summed E-state index contributed by atoms with van der Waals surface area (Å²) in [5.74, 6) is -0.106. The van der Waals surface area contributed by atoms with E-state index in [1.807, 2.05) is 0 Å². The monoisotopic (exact) mass is 315 g/mol. The third-order valence-corrected chi connectivity index (χ3v) is 3.89. The van der Waals surface area contributed by atoms with E-state index in [4.69, 9.17) is 4.42 Å². The number of aromatic amines is 1. The standard InChI is InChI=1S/C16H17N3O4/c20-14-2-1-13(10-17-14)16(22)19-6-4-18(5-7-19)15(21)9-12-3-8-23-11-12/h1-3,8,10-11H,4-7,9H2,(H,17,20). The Hall–Kier alpha value is -2.83. The summed E-state index contributed by atoms with van der Waals surface area (Å²) in [5, 5.41) is 0. The van der Waals surface area contributed by atoms with Crippen LogP contribution < -0.4 is 5.56 Å². The van der Waals surface area contributed by atoms with Gasteiger partial charge in [0.15, 0.2) is 0 Å². The fourth-order valence-electron chi connectivity index (χ4n) is 2.56. The van der Waals surface area contributed by atoms with Crippen LogP contribution in [-0.4, -0.2) is 52.8 Å². The first-order chi connectivity index (χ1) is 11.1. The van der Waals surface area contributed by atoms with Crippen molar-refractivity contribution in [2.45, 2.75) is 6.42 Å². The lowest BCUT2D eigenvalue weighted by Gasteiger charge is -2.34. The van der Waals surface area contributed by atoms with Gasteiger partial charge in [0, 0.05) is 38.4 Å². The molecular weight excluding hydrogens is 298 g/mol. The van der Waals surface area contributed by atoms with E-state index >= 15 is 0 Å². The van der Waals surface area contributed by atoms with Gasteiger partial charge in [0.05, 0.1) is 24.5 Å².